The summed E-state index contributed by atoms with van der Waals surface area (Å²) < 4.78 is 0. The predicted octanol–water partition coefficient (Wildman–Crippen LogP) is 4.06. The van der Waals surface area contributed by atoms with Gasteiger partial charge in [0.1, 0.15) is 0 Å². The molecule has 5 heteroatoms. The van der Waals surface area contributed by atoms with Crippen molar-refractivity contribution in [3.63, 3.8) is 0 Å². The van der Waals surface area contributed by atoms with E-state index in [1.807, 2.05) is 42.5 Å². The highest BCUT2D eigenvalue weighted by molar-refractivity contribution is 5.89. The molecule has 0 aliphatic carbocycles. The van der Waals surface area contributed by atoms with Crippen LogP contribution in [-0.4, -0.2) is 20.9 Å². The maximum absolute atomic E-state index is 12.2. The molecule has 1 aromatic carbocycles. The first kappa shape index (κ1) is 17.7. The third-order valence-corrected chi connectivity index (χ3v) is 4.16. The molecule has 1 amide bonds. The largest absolute Gasteiger partial charge is 0.295 e. The lowest BCUT2D eigenvalue weighted by Gasteiger charge is -2.10. The Labute approximate surface area is 153 Å². The minimum absolute atomic E-state index is 0.0615. The van der Waals surface area contributed by atoms with Crippen molar-refractivity contribution in [3.8, 4) is 11.1 Å². The number of aromatic nitrogens is 3. The van der Waals surface area contributed by atoms with Crippen LogP contribution in [0.25, 0.3) is 11.1 Å². The number of pyridine rings is 1. The number of rotatable bonds is 7. The van der Waals surface area contributed by atoms with Crippen LogP contribution in [0.4, 0.5) is 5.95 Å². The molecule has 0 aliphatic heterocycles. The lowest BCUT2D eigenvalue weighted by Crippen LogP contribution is -2.14. The van der Waals surface area contributed by atoms with E-state index in [4.69, 9.17) is 0 Å². The third-order valence-electron chi connectivity index (χ3n) is 4.16. The zero-order valence-electron chi connectivity index (χ0n) is 14.9. The summed E-state index contributed by atoms with van der Waals surface area (Å²) in [7, 11) is 0. The first-order chi connectivity index (χ1) is 12.8. The van der Waals surface area contributed by atoms with E-state index >= 15 is 0 Å². The first-order valence-electron chi connectivity index (χ1n) is 8.86. The van der Waals surface area contributed by atoms with Gasteiger partial charge in [-0.15, -0.1) is 0 Å². The van der Waals surface area contributed by atoms with E-state index in [0.29, 0.717) is 12.4 Å². The Morgan fingerprint density at radius 1 is 1.08 bits per heavy atom. The van der Waals surface area contributed by atoms with Gasteiger partial charge in [0, 0.05) is 30.6 Å². The number of carbonyl (C=O) groups is 1. The van der Waals surface area contributed by atoms with Crippen LogP contribution in [0.15, 0.2) is 61.1 Å². The lowest BCUT2D eigenvalue weighted by molar-refractivity contribution is -0.116. The Bertz CT molecular complexity index is 850. The molecule has 0 aliphatic rings. The highest BCUT2D eigenvalue weighted by Crippen LogP contribution is 2.22. The molecule has 3 rings (SSSR count). The van der Waals surface area contributed by atoms with Crippen LogP contribution in [0.5, 0.6) is 0 Å². The van der Waals surface area contributed by atoms with Crippen LogP contribution in [0, 0.1) is 0 Å². The number of nitrogens with zero attached hydrogens (tertiary/aromatic N) is 3. The molecule has 1 N–H and O–H groups in total. The van der Waals surface area contributed by atoms with Crippen molar-refractivity contribution in [1.82, 2.24) is 15.0 Å². The maximum atomic E-state index is 12.2. The van der Waals surface area contributed by atoms with Crippen molar-refractivity contribution in [1.29, 1.82) is 0 Å². The van der Waals surface area contributed by atoms with Gasteiger partial charge in [0.2, 0.25) is 11.9 Å². The van der Waals surface area contributed by atoms with Gasteiger partial charge in [0.25, 0.3) is 0 Å². The van der Waals surface area contributed by atoms with Gasteiger partial charge in [-0.05, 0) is 42.5 Å². The molecule has 2 aromatic heterocycles. The number of carbonyl (C=O) groups excluding carboxylic acids is 1. The second-order valence-electron chi connectivity index (χ2n) is 6.03. The van der Waals surface area contributed by atoms with E-state index in [9.17, 15) is 4.79 Å². The fraction of sp³-hybridized carbons (Fsp3) is 0.238. The van der Waals surface area contributed by atoms with E-state index in [-0.39, 0.29) is 5.91 Å². The Morgan fingerprint density at radius 3 is 2.58 bits per heavy atom. The zero-order valence-corrected chi connectivity index (χ0v) is 14.9. The molecule has 132 valence electrons. The lowest BCUT2D eigenvalue weighted by atomic mass is 10.0. The Kier molecular flexibility index (Phi) is 6.04. The average Bonchev–Trinajstić information content (AvgIpc) is 2.69. The zero-order chi connectivity index (χ0) is 18.2. The maximum Gasteiger partial charge on any atom is 0.229 e. The molecular weight excluding hydrogens is 324 g/mol. The molecule has 2 heterocycles. The summed E-state index contributed by atoms with van der Waals surface area (Å²) in [5.74, 6) is 0.309. The molecule has 0 saturated heterocycles. The first-order valence-corrected chi connectivity index (χ1v) is 8.86. The molecule has 0 atom stereocenters. The SMILES string of the molecule is CCc1nc(NC(=O)CCCc2ccncc2)ncc1-c1ccccc1. The van der Waals surface area contributed by atoms with Crippen LogP contribution in [0.3, 0.4) is 0 Å². The molecule has 0 radical (unpaired) electrons. The smallest absolute Gasteiger partial charge is 0.229 e. The van der Waals surface area contributed by atoms with Gasteiger partial charge in [-0.25, -0.2) is 9.97 Å². The van der Waals surface area contributed by atoms with Gasteiger partial charge < -0.3 is 0 Å². The van der Waals surface area contributed by atoms with Gasteiger partial charge >= 0.3 is 0 Å². The fourth-order valence-electron chi connectivity index (χ4n) is 2.80. The van der Waals surface area contributed by atoms with Crippen molar-refractivity contribution in [3.05, 3.63) is 72.3 Å². The third kappa shape index (κ3) is 4.72. The van der Waals surface area contributed by atoms with Gasteiger partial charge in [0.15, 0.2) is 0 Å². The van der Waals surface area contributed by atoms with E-state index in [0.717, 1.165) is 36.1 Å². The molecular formula is C21H22N4O. The van der Waals surface area contributed by atoms with Crippen LogP contribution < -0.4 is 5.32 Å². The molecule has 0 fully saturated rings. The number of hydrogen-bond donors (Lipinski definition) is 1. The van der Waals surface area contributed by atoms with E-state index in [1.165, 1.54) is 5.56 Å². The number of anilines is 1. The molecule has 0 bridgehead atoms. The topological polar surface area (TPSA) is 67.8 Å². The fourth-order valence-corrected chi connectivity index (χ4v) is 2.80. The quantitative estimate of drug-likeness (QED) is 0.700. The summed E-state index contributed by atoms with van der Waals surface area (Å²) in [6, 6.07) is 14.0. The minimum Gasteiger partial charge on any atom is -0.295 e. The van der Waals surface area contributed by atoms with Crippen molar-refractivity contribution in [2.45, 2.75) is 32.6 Å². The van der Waals surface area contributed by atoms with Crippen LogP contribution in [-0.2, 0) is 17.6 Å². The van der Waals surface area contributed by atoms with Gasteiger partial charge in [0.05, 0.1) is 5.69 Å². The van der Waals surface area contributed by atoms with Crippen LogP contribution in [0.2, 0.25) is 0 Å². The van der Waals surface area contributed by atoms with E-state index in [1.54, 1.807) is 18.6 Å². The standard InChI is InChI=1S/C21H22N4O/c1-2-19-18(17-8-4-3-5-9-17)15-23-21(24-19)25-20(26)10-6-7-16-11-13-22-14-12-16/h3-5,8-9,11-15H,2,6-7,10H2,1H3,(H,23,24,25,26). The highest BCUT2D eigenvalue weighted by atomic mass is 16.1. The number of nitrogens with one attached hydrogen (secondary N) is 1. The van der Waals surface area contributed by atoms with Gasteiger partial charge in [-0.3, -0.25) is 15.1 Å². The molecule has 3 aromatic rings. The van der Waals surface area contributed by atoms with Gasteiger partial charge in [-0.2, -0.15) is 0 Å². The second kappa shape index (κ2) is 8.85. The summed E-state index contributed by atoms with van der Waals surface area (Å²) in [4.78, 5) is 25.0. The molecule has 0 spiro atoms. The number of aryl methyl sites for hydroxylation is 2. The summed E-state index contributed by atoms with van der Waals surface area (Å²) >= 11 is 0. The summed E-state index contributed by atoms with van der Waals surface area (Å²) in [6.07, 6.45) is 8.16. The normalized spacial score (nSPS) is 10.5. The summed E-state index contributed by atoms with van der Waals surface area (Å²) in [6.45, 7) is 2.05. The van der Waals surface area contributed by atoms with Crippen molar-refractivity contribution >= 4 is 11.9 Å². The van der Waals surface area contributed by atoms with Crippen molar-refractivity contribution < 1.29 is 4.79 Å². The molecule has 5 nitrogen and oxygen atoms in total. The second-order valence-corrected chi connectivity index (χ2v) is 6.03. The van der Waals surface area contributed by atoms with E-state index < -0.39 is 0 Å². The van der Waals surface area contributed by atoms with Crippen molar-refractivity contribution in [2.24, 2.45) is 0 Å². The predicted molar refractivity (Wildman–Crippen MR) is 103 cm³/mol. The highest BCUT2D eigenvalue weighted by Gasteiger charge is 2.10. The number of benzene rings is 1. The Balaban J connectivity index is 1.60. The monoisotopic (exact) mass is 346 g/mol. The van der Waals surface area contributed by atoms with E-state index in [2.05, 4.69) is 27.2 Å². The molecule has 0 unspecified atom stereocenters. The van der Waals surface area contributed by atoms with Crippen molar-refractivity contribution in [2.75, 3.05) is 5.32 Å². The minimum atomic E-state index is -0.0615. The molecule has 0 saturated carbocycles. The Morgan fingerprint density at radius 2 is 1.85 bits per heavy atom. The number of amides is 1. The Hall–Kier alpha value is -3.08. The van der Waals surface area contributed by atoms with Crippen LogP contribution in [0.1, 0.15) is 31.0 Å². The number of hydrogen-bond acceptors (Lipinski definition) is 4. The average molecular weight is 346 g/mol. The summed E-state index contributed by atoms with van der Waals surface area (Å²) in [5.41, 5.74) is 4.20. The van der Waals surface area contributed by atoms with Gasteiger partial charge in [-0.1, -0.05) is 37.3 Å². The summed E-state index contributed by atoms with van der Waals surface area (Å²) in [5, 5.41) is 2.81. The van der Waals surface area contributed by atoms with Crippen LogP contribution >= 0.6 is 0 Å². The molecule has 26 heavy (non-hydrogen) atoms.